The number of nitrogens with zero attached hydrogens (tertiary/aromatic N) is 2. The van der Waals surface area contributed by atoms with Crippen LogP contribution in [0.3, 0.4) is 0 Å². The molecule has 10 heteroatoms. The number of carboxylic acid groups (broad SMARTS) is 1. The van der Waals surface area contributed by atoms with Gasteiger partial charge in [0.05, 0.1) is 25.2 Å². The van der Waals surface area contributed by atoms with Crippen LogP contribution >= 0.6 is 15.9 Å². The summed E-state index contributed by atoms with van der Waals surface area (Å²) in [5, 5.41) is 9.44. The van der Waals surface area contributed by atoms with Crippen molar-refractivity contribution in [3.05, 3.63) is 35.4 Å². The van der Waals surface area contributed by atoms with Crippen LogP contribution in [0.1, 0.15) is 15.9 Å². The Bertz CT molecular complexity index is 675. The highest BCUT2D eigenvalue weighted by Gasteiger charge is 2.29. The zero-order valence-corrected chi connectivity index (χ0v) is 15.8. The highest BCUT2D eigenvalue weighted by molar-refractivity contribution is 9.09. The molecule has 0 saturated carbocycles. The number of ether oxygens (including phenoxy) is 1. The first kappa shape index (κ1) is 21.9. The topological polar surface area (TPSA) is 72.7 Å². The van der Waals surface area contributed by atoms with Gasteiger partial charge in [-0.2, -0.15) is 13.2 Å². The van der Waals surface area contributed by atoms with Crippen molar-refractivity contribution in [3.8, 4) is 0 Å². The minimum absolute atomic E-state index is 0.274. The number of carbonyl (C=O) groups excluding carboxylic acids is 2. The number of benzene rings is 1. The predicted molar refractivity (Wildman–Crippen MR) is 89.4 cm³/mol. The van der Waals surface area contributed by atoms with E-state index in [1.54, 1.807) is 0 Å². The Morgan fingerprint density at radius 1 is 1.31 bits per heavy atom. The van der Waals surface area contributed by atoms with E-state index >= 15 is 0 Å². The van der Waals surface area contributed by atoms with Crippen LogP contribution in [0.2, 0.25) is 0 Å². The van der Waals surface area contributed by atoms with E-state index in [-0.39, 0.29) is 5.97 Å². The van der Waals surface area contributed by atoms with Crippen molar-refractivity contribution >= 4 is 33.7 Å². The summed E-state index contributed by atoms with van der Waals surface area (Å²) >= 11 is 3.23. The van der Waals surface area contributed by atoms with E-state index in [0.717, 1.165) is 18.7 Å². The van der Waals surface area contributed by atoms with Gasteiger partial charge in [0.15, 0.2) is 0 Å². The van der Waals surface area contributed by atoms with Crippen molar-refractivity contribution in [2.75, 3.05) is 39.1 Å². The fraction of sp³-hybridized carbons (Fsp3) is 0.438. The number of likely N-dealkylation sites (N-methyl/N-ethyl adjacent to an activating group) is 2. The monoisotopic (exact) mass is 438 g/mol. The molecule has 1 aliphatic heterocycles. The molecule has 0 fully saturated rings. The Morgan fingerprint density at radius 2 is 1.85 bits per heavy atom. The number of hydrogen-bond acceptors (Lipinski definition) is 5. The molecule has 0 N–H and O–H groups in total. The SMILES string of the molecule is CN1CC[N+](C)=C1c1ccc(C(=O)OCCBr)cc1.O=C([O-])C(F)(F)F. The van der Waals surface area contributed by atoms with Crippen molar-refractivity contribution in [3.63, 3.8) is 0 Å². The summed E-state index contributed by atoms with van der Waals surface area (Å²) in [5.41, 5.74) is 1.72. The molecule has 6 nitrogen and oxygen atoms in total. The summed E-state index contributed by atoms with van der Waals surface area (Å²) in [7, 11) is 4.16. The molecule has 144 valence electrons. The van der Waals surface area contributed by atoms with Crippen molar-refractivity contribution in [2.45, 2.75) is 6.18 Å². The number of rotatable bonds is 4. The summed E-state index contributed by atoms with van der Waals surface area (Å²) in [6.07, 6.45) is -5.19. The van der Waals surface area contributed by atoms with Crippen LogP contribution in [-0.2, 0) is 9.53 Å². The van der Waals surface area contributed by atoms with Crippen molar-refractivity contribution in [1.82, 2.24) is 4.90 Å². The second-order valence-electron chi connectivity index (χ2n) is 5.35. The third kappa shape index (κ3) is 6.32. The van der Waals surface area contributed by atoms with E-state index in [4.69, 9.17) is 14.6 Å². The Balaban J connectivity index is 0.000000412. The van der Waals surface area contributed by atoms with E-state index in [9.17, 15) is 18.0 Å². The summed E-state index contributed by atoms with van der Waals surface area (Å²) in [4.78, 5) is 22.7. The molecule has 1 aromatic carbocycles. The van der Waals surface area contributed by atoms with Gasteiger partial charge in [-0.3, -0.25) is 9.48 Å². The van der Waals surface area contributed by atoms with Gasteiger partial charge in [-0.05, 0) is 24.3 Å². The number of alkyl halides is 4. The maximum Gasteiger partial charge on any atom is 0.430 e. The van der Waals surface area contributed by atoms with Crippen molar-refractivity contribution in [1.29, 1.82) is 0 Å². The normalized spacial score (nSPS) is 14.0. The van der Waals surface area contributed by atoms with Gasteiger partial charge in [0.1, 0.15) is 25.7 Å². The highest BCUT2D eigenvalue weighted by atomic mass is 79.9. The fourth-order valence-electron chi connectivity index (χ4n) is 2.21. The first-order valence-corrected chi connectivity index (χ1v) is 8.61. The summed E-state index contributed by atoms with van der Waals surface area (Å²) in [6.45, 7) is 2.45. The molecule has 1 aromatic rings. The van der Waals surface area contributed by atoms with Gasteiger partial charge in [-0.1, -0.05) is 15.9 Å². The molecular weight excluding hydrogens is 421 g/mol. The summed E-state index contributed by atoms with van der Waals surface area (Å²) < 4.78 is 38.8. The van der Waals surface area contributed by atoms with E-state index in [0.29, 0.717) is 17.5 Å². The van der Waals surface area contributed by atoms with Crippen LogP contribution in [-0.4, -0.2) is 72.5 Å². The van der Waals surface area contributed by atoms with Gasteiger partial charge in [-0.25, -0.2) is 4.79 Å². The van der Waals surface area contributed by atoms with Crippen LogP contribution in [0.15, 0.2) is 24.3 Å². The first-order chi connectivity index (χ1) is 12.1. The third-order valence-corrected chi connectivity index (χ3v) is 3.74. The summed E-state index contributed by atoms with van der Waals surface area (Å²) in [6, 6.07) is 7.58. The second kappa shape index (κ2) is 9.56. The third-order valence-electron chi connectivity index (χ3n) is 3.41. The molecule has 26 heavy (non-hydrogen) atoms. The molecule has 0 spiro atoms. The lowest BCUT2D eigenvalue weighted by Gasteiger charge is -2.08. The molecule has 0 aromatic heterocycles. The number of amidine groups is 1. The van der Waals surface area contributed by atoms with Gasteiger partial charge >= 0.3 is 12.1 Å². The number of carboxylic acids is 1. The second-order valence-corrected chi connectivity index (χ2v) is 6.15. The average Bonchev–Trinajstić information content (AvgIpc) is 2.91. The number of hydrogen-bond donors (Lipinski definition) is 0. The quantitative estimate of drug-likeness (QED) is 0.396. The van der Waals surface area contributed by atoms with Gasteiger partial charge in [-0.15, -0.1) is 0 Å². The molecule has 0 aliphatic carbocycles. The van der Waals surface area contributed by atoms with Gasteiger partial charge in [0.2, 0.25) is 0 Å². The van der Waals surface area contributed by atoms with Gasteiger partial charge in [0, 0.05) is 5.33 Å². The number of carbonyl (C=O) groups is 2. The lowest BCUT2D eigenvalue weighted by atomic mass is 10.1. The molecule has 0 radical (unpaired) electrons. The van der Waals surface area contributed by atoms with E-state index < -0.39 is 12.1 Å². The predicted octanol–water partition coefficient (Wildman–Crippen LogP) is 0.871. The molecule has 1 heterocycles. The minimum atomic E-state index is -5.19. The maximum atomic E-state index is 11.7. The Labute approximate surface area is 157 Å². The fourth-order valence-corrected chi connectivity index (χ4v) is 2.38. The molecule has 0 unspecified atom stereocenters. The standard InChI is InChI=1S/C14H18BrN2O2.C2HF3O2/c1-16-8-9-17(2)13(16)11-3-5-12(6-4-11)14(18)19-10-7-15;3-2(4,5)1(6)7/h3-6H,7-10H2,1-2H3;(H,6,7)/q+1;/p-1. The zero-order chi connectivity index (χ0) is 19.9. The first-order valence-electron chi connectivity index (χ1n) is 7.48. The van der Waals surface area contributed by atoms with Crippen molar-refractivity contribution < 1.29 is 37.2 Å². The Hall–Kier alpha value is -2.10. The lowest BCUT2D eigenvalue weighted by molar-refractivity contribution is -0.486. The Morgan fingerprint density at radius 3 is 2.23 bits per heavy atom. The van der Waals surface area contributed by atoms with Gasteiger partial charge in [0.25, 0.3) is 5.84 Å². The van der Waals surface area contributed by atoms with E-state index in [1.807, 2.05) is 24.3 Å². The van der Waals surface area contributed by atoms with Crippen LogP contribution in [0.25, 0.3) is 0 Å². The Kier molecular flexibility index (Phi) is 8.07. The number of esters is 1. The molecule has 2 rings (SSSR count). The lowest BCUT2D eigenvalue weighted by Crippen LogP contribution is -2.37. The van der Waals surface area contributed by atoms with E-state index in [1.165, 1.54) is 5.84 Å². The maximum absolute atomic E-state index is 11.7. The molecule has 0 bridgehead atoms. The minimum Gasteiger partial charge on any atom is -0.542 e. The molecular formula is C16H18BrF3N2O4. The van der Waals surface area contributed by atoms with Crippen LogP contribution < -0.4 is 5.11 Å². The number of aliphatic carboxylic acids is 1. The summed E-state index contributed by atoms with van der Waals surface area (Å²) in [5.74, 6) is -2.09. The van der Waals surface area contributed by atoms with Crippen molar-refractivity contribution in [2.24, 2.45) is 0 Å². The number of halogens is 4. The molecule has 1 aliphatic rings. The average molecular weight is 439 g/mol. The largest absolute Gasteiger partial charge is 0.542 e. The van der Waals surface area contributed by atoms with Crippen LogP contribution in [0.4, 0.5) is 13.2 Å². The van der Waals surface area contributed by atoms with Gasteiger partial charge < -0.3 is 14.6 Å². The van der Waals surface area contributed by atoms with Crippen LogP contribution in [0, 0.1) is 0 Å². The highest BCUT2D eigenvalue weighted by Crippen LogP contribution is 2.12. The van der Waals surface area contributed by atoms with E-state index in [2.05, 4.69) is 39.5 Å². The molecule has 0 atom stereocenters. The molecule has 0 saturated heterocycles. The van der Waals surface area contributed by atoms with Crippen LogP contribution in [0.5, 0.6) is 0 Å². The molecule has 0 amide bonds. The smallest absolute Gasteiger partial charge is 0.430 e. The zero-order valence-electron chi connectivity index (χ0n) is 14.2.